The van der Waals surface area contributed by atoms with Gasteiger partial charge in [0.25, 0.3) is 11.8 Å². The van der Waals surface area contributed by atoms with Crippen LogP contribution < -0.4 is 10.2 Å². The van der Waals surface area contributed by atoms with Crippen molar-refractivity contribution in [2.24, 2.45) is 0 Å². The van der Waals surface area contributed by atoms with E-state index in [1.54, 1.807) is 49.4 Å². The number of para-hydroxylation sites is 1. The summed E-state index contributed by atoms with van der Waals surface area (Å²) < 4.78 is 1.82. The van der Waals surface area contributed by atoms with E-state index in [-0.39, 0.29) is 5.57 Å². The smallest absolute Gasteiger partial charge is 0.317 e. The molecule has 29 heavy (non-hydrogen) atoms. The van der Waals surface area contributed by atoms with Gasteiger partial charge in [-0.25, -0.2) is 9.69 Å². The lowest BCUT2D eigenvalue weighted by atomic mass is 10.1. The third-order valence-corrected chi connectivity index (χ3v) is 4.89. The lowest BCUT2D eigenvalue weighted by Gasteiger charge is -2.27. The summed E-state index contributed by atoms with van der Waals surface area (Å²) in [6.45, 7) is 1.79. The molecule has 4 rings (SSSR count). The zero-order valence-electron chi connectivity index (χ0n) is 15.4. The molecular formula is C22H16ClN3O3. The SMILES string of the molecule is Cc1ccccc1N1C(=O)NC(=O)/C(=C\c2cccn2-c2ccc(Cl)cc2)C1=O. The average molecular weight is 406 g/mol. The fourth-order valence-electron chi connectivity index (χ4n) is 3.19. The van der Waals surface area contributed by atoms with Crippen molar-refractivity contribution in [1.29, 1.82) is 0 Å². The average Bonchev–Trinajstić information content (AvgIpc) is 3.15. The minimum absolute atomic E-state index is 0.123. The number of carbonyl (C=O) groups is 3. The summed E-state index contributed by atoms with van der Waals surface area (Å²) in [6.07, 6.45) is 3.29. The Morgan fingerprint density at radius 3 is 2.38 bits per heavy atom. The summed E-state index contributed by atoms with van der Waals surface area (Å²) in [6, 6.07) is 17.0. The normalized spacial score (nSPS) is 15.7. The van der Waals surface area contributed by atoms with Crippen LogP contribution in [0.4, 0.5) is 10.5 Å². The van der Waals surface area contributed by atoms with Crippen LogP contribution in [-0.4, -0.2) is 22.4 Å². The first-order valence-electron chi connectivity index (χ1n) is 8.86. The number of benzene rings is 2. The number of nitrogens with zero attached hydrogens (tertiary/aromatic N) is 2. The van der Waals surface area contributed by atoms with Crippen molar-refractivity contribution in [2.45, 2.75) is 6.92 Å². The van der Waals surface area contributed by atoms with Crippen molar-refractivity contribution in [3.63, 3.8) is 0 Å². The molecule has 6 nitrogen and oxygen atoms in total. The molecule has 4 amide bonds. The highest BCUT2D eigenvalue weighted by Gasteiger charge is 2.37. The highest BCUT2D eigenvalue weighted by molar-refractivity contribution is 6.39. The summed E-state index contributed by atoms with van der Waals surface area (Å²) in [5.74, 6) is -1.40. The number of amides is 4. The first kappa shape index (κ1) is 18.7. The van der Waals surface area contributed by atoms with Crippen LogP contribution in [-0.2, 0) is 9.59 Å². The maximum absolute atomic E-state index is 13.1. The molecule has 1 fully saturated rings. The number of aromatic nitrogens is 1. The number of barbiturate groups is 1. The summed E-state index contributed by atoms with van der Waals surface area (Å²) in [7, 11) is 0. The van der Waals surface area contributed by atoms with Crippen LogP contribution in [0.1, 0.15) is 11.3 Å². The van der Waals surface area contributed by atoms with Gasteiger partial charge in [0.05, 0.1) is 5.69 Å². The van der Waals surface area contributed by atoms with Gasteiger partial charge in [-0.2, -0.15) is 0 Å². The standard InChI is InChI=1S/C22H16ClN3O3/c1-14-5-2-3-7-19(14)26-21(28)18(20(27)24-22(26)29)13-17-6-4-12-25(17)16-10-8-15(23)9-11-16/h2-13H,1H3,(H,24,27,29)/b18-13+. The molecule has 0 radical (unpaired) electrons. The Morgan fingerprint density at radius 2 is 1.66 bits per heavy atom. The highest BCUT2D eigenvalue weighted by atomic mass is 35.5. The van der Waals surface area contributed by atoms with E-state index in [1.165, 1.54) is 6.08 Å². The summed E-state index contributed by atoms with van der Waals surface area (Å²) in [5.41, 5.74) is 2.49. The van der Waals surface area contributed by atoms with Crippen molar-refractivity contribution < 1.29 is 14.4 Å². The summed E-state index contributed by atoms with van der Waals surface area (Å²) >= 11 is 5.95. The van der Waals surface area contributed by atoms with E-state index in [2.05, 4.69) is 5.32 Å². The second-order valence-corrected chi connectivity index (χ2v) is 6.96. The van der Waals surface area contributed by atoms with Gasteiger partial charge in [0.1, 0.15) is 5.57 Å². The van der Waals surface area contributed by atoms with E-state index < -0.39 is 17.8 Å². The Bertz CT molecular complexity index is 1160. The van der Waals surface area contributed by atoms with Crippen LogP contribution in [0.5, 0.6) is 0 Å². The number of carbonyl (C=O) groups excluding carboxylic acids is 3. The molecule has 2 heterocycles. The van der Waals surface area contributed by atoms with Crippen LogP contribution in [0.3, 0.4) is 0 Å². The van der Waals surface area contributed by atoms with E-state index in [4.69, 9.17) is 11.6 Å². The van der Waals surface area contributed by atoms with E-state index in [0.29, 0.717) is 16.4 Å². The molecule has 0 saturated carbocycles. The van der Waals surface area contributed by atoms with Crippen LogP contribution >= 0.6 is 11.6 Å². The molecule has 1 aromatic heterocycles. The number of urea groups is 1. The molecule has 1 aliphatic rings. The van der Waals surface area contributed by atoms with Gasteiger partial charge in [-0.05, 0) is 61.0 Å². The minimum Gasteiger partial charge on any atom is -0.317 e. The maximum Gasteiger partial charge on any atom is 0.335 e. The molecule has 1 aliphatic heterocycles. The first-order chi connectivity index (χ1) is 14.0. The molecule has 0 aliphatic carbocycles. The zero-order chi connectivity index (χ0) is 20.5. The van der Waals surface area contributed by atoms with E-state index in [1.807, 2.05) is 29.0 Å². The van der Waals surface area contributed by atoms with Gasteiger partial charge in [0, 0.05) is 22.6 Å². The quantitative estimate of drug-likeness (QED) is 0.526. The van der Waals surface area contributed by atoms with Gasteiger partial charge in [-0.1, -0.05) is 29.8 Å². The van der Waals surface area contributed by atoms with E-state index in [0.717, 1.165) is 16.2 Å². The Hall–Kier alpha value is -3.64. The number of halogens is 1. The molecule has 1 N–H and O–H groups in total. The third kappa shape index (κ3) is 3.46. The van der Waals surface area contributed by atoms with Gasteiger partial charge >= 0.3 is 6.03 Å². The van der Waals surface area contributed by atoms with E-state index in [9.17, 15) is 14.4 Å². The molecule has 144 valence electrons. The molecule has 3 aromatic rings. The van der Waals surface area contributed by atoms with Crippen molar-refractivity contribution in [2.75, 3.05) is 4.90 Å². The van der Waals surface area contributed by atoms with Crippen molar-refractivity contribution in [1.82, 2.24) is 9.88 Å². The molecule has 1 saturated heterocycles. The Balaban J connectivity index is 1.76. The van der Waals surface area contributed by atoms with E-state index >= 15 is 0 Å². The number of hydrogen-bond donors (Lipinski definition) is 1. The van der Waals surface area contributed by atoms with Gasteiger partial charge < -0.3 is 4.57 Å². The largest absolute Gasteiger partial charge is 0.335 e. The van der Waals surface area contributed by atoms with Crippen molar-refractivity contribution in [3.8, 4) is 5.69 Å². The number of aryl methyl sites for hydroxylation is 1. The molecule has 0 unspecified atom stereocenters. The Morgan fingerprint density at radius 1 is 0.931 bits per heavy atom. The zero-order valence-corrected chi connectivity index (χ0v) is 16.2. The molecule has 0 bridgehead atoms. The fourth-order valence-corrected chi connectivity index (χ4v) is 3.31. The van der Waals surface area contributed by atoms with Crippen LogP contribution in [0.15, 0.2) is 72.4 Å². The number of rotatable bonds is 3. The molecule has 7 heteroatoms. The lowest BCUT2D eigenvalue weighted by molar-refractivity contribution is -0.122. The molecule has 2 aromatic carbocycles. The van der Waals surface area contributed by atoms with Crippen LogP contribution in [0.2, 0.25) is 5.02 Å². The molecule has 0 atom stereocenters. The topological polar surface area (TPSA) is 71.4 Å². The molecule has 0 spiro atoms. The number of nitrogens with one attached hydrogen (secondary N) is 1. The molecular weight excluding hydrogens is 390 g/mol. The number of anilines is 1. The highest BCUT2D eigenvalue weighted by Crippen LogP contribution is 2.25. The summed E-state index contributed by atoms with van der Waals surface area (Å²) in [4.78, 5) is 38.8. The van der Waals surface area contributed by atoms with Gasteiger partial charge in [-0.3, -0.25) is 14.9 Å². The predicted molar refractivity (Wildman–Crippen MR) is 111 cm³/mol. The van der Waals surface area contributed by atoms with Gasteiger partial charge in [0.15, 0.2) is 0 Å². The predicted octanol–water partition coefficient (Wildman–Crippen LogP) is 4.11. The first-order valence-corrected chi connectivity index (χ1v) is 9.24. The Labute approximate surface area is 172 Å². The lowest BCUT2D eigenvalue weighted by Crippen LogP contribution is -2.54. The minimum atomic E-state index is -0.764. The van der Waals surface area contributed by atoms with Crippen molar-refractivity contribution in [3.05, 3.63) is 88.7 Å². The summed E-state index contributed by atoms with van der Waals surface area (Å²) in [5, 5.41) is 2.85. The van der Waals surface area contributed by atoms with Crippen molar-refractivity contribution >= 4 is 41.2 Å². The number of imide groups is 2. The van der Waals surface area contributed by atoms with Crippen LogP contribution in [0, 0.1) is 6.92 Å². The second kappa shape index (κ2) is 7.41. The van der Waals surface area contributed by atoms with Crippen LogP contribution in [0.25, 0.3) is 11.8 Å². The maximum atomic E-state index is 13.1. The fraction of sp³-hybridized carbons (Fsp3) is 0.0455. The van der Waals surface area contributed by atoms with Gasteiger partial charge in [-0.15, -0.1) is 0 Å². The number of hydrogen-bond acceptors (Lipinski definition) is 3. The second-order valence-electron chi connectivity index (χ2n) is 6.52. The third-order valence-electron chi connectivity index (χ3n) is 4.64. The Kier molecular flexibility index (Phi) is 4.78. The van der Waals surface area contributed by atoms with Gasteiger partial charge in [0.2, 0.25) is 0 Å². The monoisotopic (exact) mass is 405 g/mol.